The summed E-state index contributed by atoms with van der Waals surface area (Å²) in [6.07, 6.45) is 1.59. The summed E-state index contributed by atoms with van der Waals surface area (Å²) in [5.74, 6) is -0.970. The molecule has 2 unspecified atom stereocenters. The lowest BCUT2D eigenvalue weighted by atomic mass is 10.2. The van der Waals surface area contributed by atoms with E-state index in [2.05, 4.69) is 11.9 Å². The average Bonchev–Trinajstić information content (AvgIpc) is 2.84. The monoisotopic (exact) mass is 272 g/mol. The van der Waals surface area contributed by atoms with E-state index in [0.717, 1.165) is 0 Å². The molecule has 7 heteroatoms. The first-order valence-corrected chi connectivity index (χ1v) is 6.21. The molecule has 0 bridgehead atoms. The van der Waals surface area contributed by atoms with Gasteiger partial charge in [-0.1, -0.05) is 6.08 Å². The van der Waals surface area contributed by atoms with E-state index in [0.29, 0.717) is 19.4 Å². The Balaban J connectivity index is 2.33. The summed E-state index contributed by atoms with van der Waals surface area (Å²) < 4.78 is 5.27. The van der Waals surface area contributed by atoms with Crippen LogP contribution in [0.4, 0.5) is 4.79 Å². The molecular weight excluding hydrogens is 252 g/mol. The maximum Gasteiger partial charge on any atom is 0.332 e. The summed E-state index contributed by atoms with van der Waals surface area (Å²) in [6.45, 7) is 4.25. The van der Waals surface area contributed by atoms with Gasteiger partial charge in [0.15, 0.2) is 6.10 Å². The van der Waals surface area contributed by atoms with Crippen molar-refractivity contribution in [2.24, 2.45) is 0 Å². The number of aliphatic hydroxyl groups excluding tert-OH is 1. The second kappa shape index (κ2) is 7.75. The van der Waals surface area contributed by atoms with Crippen LogP contribution in [-0.2, 0) is 9.53 Å². The number of aliphatic carboxylic acids is 1. The van der Waals surface area contributed by atoms with Crippen molar-refractivity contribution in [3.8, 4) is 0 Å². The summed E-state index contributed by atoms with van der Waals surface area (Å²) >= 11 is 0. The van der Waals surface area contributed by atoms with Crippen LogP contribution >= 0.6 is 0 Å². The van der Waals surface area contributed by atoms with Gasteiger partial charge >= 0.3 is 12.0 Å². The predicted molar refractivity (Wildman–Crippen MR) is 67.8 cm³/mol. The first-order chi connectivity index (χ1) is 9.08. The van der Waals surface area contributed by atoms with E-state index in [4.69, 9.17) is 14.9 Å². The summed E-state index contributed by atoms with van der Waals surface area (Å²) in [7, 11) is 0. The number of rotatable bonds is 7. The normalized spacial score (nSPS) is 21.9. The number of carboxylic acids is 1. The highest BCUT2D eigenvalue weighted by molar-refractivity contribution is 5.74. The van der Waals surface area contributed by atoms with Gasteiger partial charge in [0.2, 0.25) is 0 Å². The van der Waals surface area contributed by atoms with Crippen molar-refractivity contribution in [1.29, 1.82) is 0 Å². The largest absolute Gasteiger partial charge is 0.479 e. The minimum atomic E-state index is -0.970. The van der Waals surface area contributed by atoms with Crippen LogP contribution in [0.5, 0.6) is 0 Å². The molecule has 2 amide bonds. The highest BCUT2D eigenvalue weighted by atomic mass is 16.5. The molecular formula is C12H20N2O5. The topological polar surface area (TPSA) is 99.1 Å². The lowest BCUT2D eigenvalue weighted by Crippen LogP contribution is -2.44. The number of amides is 2. The first kappa shape index (κ1) is 15.5. The van der Waals surface area contributed by atoms with Crippen LogP contribution in [0.1, 0.15) is 12.8 Å². The Bertz CT molecular complexity index is 334. The molecule has 0 aliphatic carbocycles. The number of carboxylic acid groups (broad SMARTS) is 1. The average molecular weight is 272 g/mol. The molecule has 0 aromatic rings. The molecule has 1 heterocycles. The zero-order chi connectivity index (χ0) is 14.3. The van der Waals surface area contributed by atoms with Crippen LogP contribution in [0, 0.1) is 0 Å². The lowest BCUT2D eigenvalue weighted by molar-refractivity contribution is -0.149. The van der Waals surface area contributed by atoms with E-state index in [1.165, 1.54) is 4.90 Å². The Morgan fingerprint density at radius 1 is 1.47 bits per heavy atom. The number of nitrogens with zero attached hydrogens (tertiary/aromatic N) is 1. The lowest BCUT2D eigenvalue weighted by Gasteiger charge is -2.21. The molecule has 1 rings (SSSR count). The second-order valence-electron chi connectivity index (χ2n) is 4.31. The molecule has 1 aliphatic heterocycles. The summed E-state index contributed by atoms with van der Waals surface area (Å²) in [5, 5.41) is 20.3. The Labute approximate surface area is 111 Å². The highest BCUT2D eigenvalue weighted by Crippen LogP contribution is 2.19. The molecule has 0 saturated carbocycles. The van der Waals surface area contributed by atoms with E-state index in [-0.39, 0.29) is 31.8 Å². The van der Waals surface area contributed by atoms with Gasteiger partial charge < -0.3 is 25.2 Å². The van der Waals surface area contributed by atoms with E-state index in [9.17, 15) is 9.59 Å². The van der Waals surface area contributed by atoms with Crippen molar-refractivity contribution in [3.63, 3.8) is 0 Å². The van der Waals surface area contributed by atoms with Crippen molar-refractivity contribution in [2.45, 2.75) is 25.0 Å². The minimum absolute atomic E-state index is 0.123. The summed E-state index contributed by atoms with van der Waals surface area (Å²) in [6, 6.07) is -0.323. The highest BCUT2D eigenvalue weighted by Gasteiger charge is 2.30. The molecule has 0 aromatic heterocycles. The predicted octanol–water partition coefficient (Wildman–Crippen LogP) is -0.191. The number of nitrogens with one attached hydrogen (secondary N) is 1. The number of carbonyl (C=O) groups is 2. The molecule has 108 valence electrons. The van der Waals surface area contributed by atoms with E-state index >= 15 is 0 Å². The molecule has 19 heavy (non-hydrogen) atoms. The van der Waals surface area contributed by atoms with Crippen LogP contribution in [0.2, 0.25) is 0 Å². The standard InChI is InChI=1S/C12H20N2O5/c1-2-5-14(6-7-15)12(18)13-8-9-3-4-10(19-9)11(16)17/h2,9-10,15H,1,3-8H2,(H,13,18)(H,16,17). The Morgan fingerprint density at radius 2 is 2.21 bits per heavy atom. The minimum Gasteiger partial charge on any atom is -0.479 e. The van der Waals surface area contributed by atoms with Gasteiger partial charge in [0.05, 0.1) is 12.7 Å². The number of hydrogen-bond donors (Lipinski definition) is 3. The molecule has 3 N–H and O–H groups in total. The second-order valence-corrected chi connectivity index (χ2v) is 4.31. The fraction of sp³-hybridized carbons (Fsp3) is 0.667. The van der Waals surface area contributed by atoms with Crippen LogP contribution in [0.15, 0.2) is 12.7 Å². The molecule has 1 fully saturated rings. The number of hydrogen-bond acceptors (Lipinski definition) is 4. The van der Waals surface area contributed by atoms with Crippen molar-refractivity contribution < 1.29 is 24.5 Å². The van der Waals surface area contributed by atoms with Crippen LogP contribution < -0.4 is 5.32 Å². The number of carbonyl (C=O) groups excluding carboxylic acids is 1. The van der Waals surface area contributed by atoms with Crippen molar-refractivity contribution in [2.75, 3.05) is 26.2 Å². The Hall–Kier alpha value is -1.60. The van der Waals surface area contributed by atoms with Crippen molar-refractivity contribution in [1.82, 2.24) is 10.2 Å². The Morgan fingerprint density at radius 3 is 2.74 bits per heavy atom. The molecule has 0 spiro atoms. The smallest absolute Gasteiger partial charge is 0.332 e. The van der Waals surface area contributed by atoms with Gasteiger partial charge in [0.1, 0.15) is 0 Å². The molecule has 1 aliphatic rings. The van der Waals surface area contributed by atoms with Gasteiger partial charge in [0, 0.05) is 19.6 Å². The van der Waals surface area contributed by atoms with E-state index in [1.54, 1.807) is 6.08 Å². The summed E-state index contributed by atoms with van der Waals surface area (Å²) in [4.78, 5) is 23.9. The zero-order valence-electron chi connectivity index (χ0n) is 10.7. The molecule has 7 nitrogen and oxygen atoms in total. The van der Waals surface area contributed by atoms with Crippen LogP contribution in [0.3, 0.4) is 0 Å². The molecule has 0 aromatic carbocycles. The molecule has 2 atom stereocenters. The van der Waals surface area contributed by atoms with Crippen molar-refractivity contribution in [3.05, 3.63) is 12.7 Å². The van der Waals surface area contributed by atoms with Crippen molar-refractivity contribution >= 4 is 12.0 Å². The van der Waals surface area contributed by atoms with Gasteiger partial charge in [-0.05, 0) is 12.8 Å². The first-order valence-electron chi connectivity index (χ1n) is 6.21. The SMILES string of the molecule is C=CCN(CCO)C(=O)NCC1CCC(C(=O)O)O1. The quantitative estimate of drug-likeness (QED) is 0.558. The molecule has 1 saturated heterocycles. The maximum absolute atomic E-state index is 11.8. The number of aliphatic hydroxyl groups is 1. The summed E-state index contributed by atoms with van der Waals surface area (Å²) in [5.41, 5.74) is 0. The van der Waals surface area contributed by atoms with Gasteiger partial charge in [0.25, 0.3) is 0 Å². The maximum atomic E-state index is 11.8. The van der Waals surface area contributed by atoms with Crippen LogP contribution in [-0.4, -0.2) is 65.6 Å². The number of ether oxygens (including phenoxy) is 1. The fourth-order valence-corrected chi connectivity index (χ4v) is 1.90. The van der Waals surface area contributed by atoms with Gasteiger partial charge in [-0.2, -0.15) is 0 Å². The van der Waals surface area contributed by atoms with Crippen LogP contribution in [0.25, 0.3) is 0 Å². The van der Waals surface area contributed by atoms with E-state index < -0.39 is 12.1 Å². The third-order valence-corrected chi connectivity index (χ3v) is 2.87. The van der Waals surface area contributed by atoms with E-state index in [1.807, 2.05) is 0 Å². The third kappa shape index (κ3) is 4.88. The Kier molecular flexibility index (Phi) is 6.31. The third-order valence-electron chi connectivity index (χ3n) is 2.87. The zero-order valence-corrected chi connectivity index (χ0v) is 10.7. The van der Waals surface area contributed by atoms with Gasteiger partial charge in [-0.25, -0.2) is 9.59 Å². The molecule has 0 radical (unpaired) electrons. The number of urea groups is 1. The fourth-order valence-electron chi connectivity index (χ4n) is 1.90. The van der Waals surface area contributed by atoms with Gasteiger partial charge in [-0.3, -0.25) is 0 Å². The van der Waals surface area contributed by atoms with Gasteiger partial charge in [-0.15, -0.1) is 6.58 Å².